The van der Waals surface area contributed by atoms with Crippen molar-refractivity contribution in [3.8, 4) is 5.75 Å². The van der Waals surface area contributed by atoms with Gasteiger partial charge >= 0.3 is 0 Å². The Morgan fingerprint density at radius 2 is 1.82 bits per heavy atom. The van der Waals surface area contributed by atoms with Crippen LogP contribution in [0, 0.1) is 0 Å². The van der Waals surface area contributed by atoms with Crippen molar-refractivity contribution in [2.75, 3.05) is 5.32 Å². The van der Waals surface area contributed by atoms with Crippen molar-refractivity contribution < 1.29 is 9.90 Å². The van der Waals surface area contributed by atoms with E-state index in [0.717, 1.165) is 11.3 Å². The summed E-state index contributed by atoms with van der Waals surface area (Å²) in [6.45, 7) is 1.76. The number of benzene rings is 3. The fraction of sp³-hybridized carbons (Fsp3) is 0.0909. The molecule has 0 spiro atoms. The number of para-hydroxylation sites is 2. The Morgan fingerprint density at radius 1 is 1.07 bits per heavy atom. The Kier molecular flexibility index (Phi) is 4.75. The largest absolute Gasteiger partial charge is 0.507 e. The molecule has 6 heteroatoms. The molecule has 28 heavy (non-hydrogen) atoms. The number of amides is 1. The predicted molar refractivity (Wildman–Crippen MR) is 111 cm³/mol. The van der Waals surface area contributed by atoms with E-state index in [1.54, 1.807) is 43.3 Å². The molecule has 1 amide bonds. The zero-order valence-electron chi connectivity index (χ0n) is 15.1. The highest BCUT2D eigenvalue weighted by atomic mass is 35.5. The van der Waals surface area contributed by atoms with Gasteiger partial charge in [0.2, 0.25) is 0 Å². The quantitative estimate of drug-likeness (QED) is 0.615. The first kappa shape index (κ1) is 18.1. The molecule has 0 aromatic heterocycles. The molecule has 5 nitrogen and oxygen atoms in total. The average molecular weight is 392 g/mol. The van der Waals surface area contributed by atoms with Gasteiger partial charge in [-0.3, -0.25) is 4.79 Å². The highest BCUT2D eigenvalue weighted by Gasteiger charge is 2.33. The van der Waals surface area contributed by atoms with Crippen LogP contribution in [-0.4, -0.2) is 21.7 Å². The molecule has 3 aromatic carbocycles. The van der Waals surface area contributed by atoms with Gasteiger partial charge in [0.25, 0.3) is 5.91 Å². The van der Waals surface area contributed by atoms with E-state index in [1.807, 2.05) is 36.4 Å². The van der Waals surface area contributed by atoms with Crippen LogP contribution in [0.3, 0.4) is 0 Å². The van der Waals surface area contributed by atoms with Crippen LogP contribution in [0.4, 0.5) is 5.69 Å². The first-order valence-corrected chi connectivity index (χ1v) is 9.20. The lowest BCUT2D eigenvalue weighted by molar-refractivity contribution is 0.0689. The van der Waals surface area contributed by atoms with Crippen LogP contribution in [0.1, 0.15) is 34.6 Å². The number of hydrogen-bond acceptors (Lipinski definition) is 4. The van der Waals surface area contributed by atoms with Gasteiger partial charge in [0, 0.05) is 16.3 Å². The van der Waals surface area contributed by atoms with Crippen molar-refractivity contribution in [3.63, 3.8) is 0 Å². The zero-order valence-corrected chi connectivity index (χ0v) is 15.9. The van der Waals surface area contributed by atoms with Crippen LogP contribution < -0.4 is 5.32 Å². The molecule has 3 aromatic rings. The van der Waals surface area contributed by atoms with Gasteiger partial charge < -0.3 is 10.4 Å². The molecule has 1 aliphatic rings. The van der Waals surface area contributed by atoms with E-state index >= 15 is 0 Å². The maximum absolute atomic E-state index is 13.2. The van der Waals surface area contributed by atoms with E-state index in [0.29, 0.717) is 21.9 Å². The summed E-state index contributed by atoms with van der Waals surface area (Å²) in [7, 11) is 0. The van der Waals surface area contributed by atoms with Gasteiger partial charge in [-0.25, -0.2) is 5.01 Å². The van der Waals surface area contributed by atoms with Gasteiger partial charge in [-0.15, -0.1) is 0 Å². The number of halogens is 1. The molecule has 1 heterocycles. The zero-order chi connectivity index (χ0) is 19.7. The Bertz CT molecular complexity index is 1080. The van der Waals surface area contributed by atoms with Crippen LogP contribution in [-0.2, 0) is 0 Å². The van der Waals surface area contributed by atoms with Gasteiger partial charge in [0.05, 0.1) is 11.3 Å². The molecular formula is C22H18ClN3O2. The fourth-order valence-corrected chi connectivity index (χ4v) is 3.44. The van der Waals surface area contributed by atoms with Crippen molar-refractivity contribution in [1.29, 1.82) is 0 Å². The molecule has 2 N–H and O–H groups in total. The molecule has 0 bridgehead atoms. The number of phenolic OH excluding ortho intramolecular Hbond substituents is 1. The summed E-state index contributed by atoms with van der Waals surface area (Å²) in [6, 6.07) is 21.5. The van der Waals surface area contributed by atoms with Gasteiger partial charge in [0.15, 0.2) is 6.17 Å². The van der Waals surface area contributed by atoms with Crippen LogP contribution in [0.5, 0.6) is 5.75 Å². The second kappa shape index (κ2) is 7.37. The molecule has 0 unspecified atom stereocenters. The Labute approximate surface area is 167 Å². The van der Waals surface area contributed by atoms with E-state index in [1.165, 1.54) is 5.01 Å². The third-order valence-corrected chi connectivity index (χ3v) is 4.85. The number of hydrazone groups is 1. The minimum atomic E-state index is -0.526. The van der Waals surface area contributed by atoms with E-state index in [-0.39, 0.29) is 11.7 Å². The van der Waals surface area contributed by atoms with Crippen LogP contribution in [0.2, 0.25) is 5.02 Å². The lowest BCUT2D eigenvalue weighted by Gasteiger charge is -2.35. The maximum atomic E-state index is 13.2. The van der Waals surface area contributed by atoms with Crippen molar-refractivity contribution in [2.45, 2.75) is 13.1 Å². The fourth-order valence-electron chi connectivity index (χ4n) is 3.24. The lowest BCUT2D eigenvalue weighted by atomic mass is 10.0. The van der Waals surface area contributed by atoms with E-state index in [2.05, 4.69) is 10.4 Å². The highest BCUT2D eigenvalue weighted by Crippen LogP contribution is 2.34. The first-order chi connectivity index (χ1) is 13.5. The molecular weight excluding hydrogens is 374 g/mol. The summed E-state index contributed by atoms with van der Waals surface area (Å²) in [6.07, 6.45) is -0.526. The number of nitrogens with zero attached hydrogens (tertiary/aromatic N) is 2. The number of anilines is 1. The number of aromatic hydroxyl groups is 1. The molecule has 140 valence electrons. The van der Waals surface area contributed by atoms with Crippen molar-refractivity contribution in [1.82, 2.24) is 5.01 Å². The van der Waals surface area contributed by atoms with E-state index in [9.17, 15) is 9.90 Å². The minimum Gasteiger partial charge on any atom is -0.507 e. The molecule has 4 rings (SSSR count). The molecule has 0 radical (unpaired) electrons. The van der Waals surface area contributed by atoms with Crippen molar-refractivity contribution >= 4 is 28.9 Å². The van der Waals surface area contributed by atoms with Crippen molar-refractivity contribution in [3.05, 3.63) is 94.5 Å². The number of carbonyl (C=O) groups is 1. The number of carbonyl (C=O) groups excluding carboxylic acids is 1. The van der Waals surface area contributed by atoms with Gasteiger partial charge in [-0.05, 0) is 48.9 Å². The molecule has 1 atom stereocenters. The van der Waals surface area contributed by atoms with Crippen LogP contribution >= 0.6 is 11.6 Å². The highest BCUT2D eigenvalue weighted by molar-refractivity contribution is 6.30. The van der Waals surface area contributed by atoms with Crippen LogP contribution in [0.15, 0.2) is 77.9 Å². The summed E-state index contributed by atoms with van der Waals surface area (Å²) >= 11 is 6.17. The summed E-state index contributed by atoms with van der Waals surface area (Å²) in [5.41, 5.74) is 3.18. The first-order valence-electron chi connectivity index (χ1n) is 8.83. The molecule has 1 aliphatic heterocycles. The summed E-state index contributed by atoms with van der Waals surface area (Å²) in [4.78, 5) is 13.2. The average Bonchev–Trinajstić information content (AvgIpc) is 2.70. The third-order valence-electron chi connectivity index (χ3n) is 4.62. The normalized spacial score (nSPS) is 16.5. The number of phenols is 1. The predicted octanol–water partition coefficient (Wildman–Crippen LogP) is 5.04. The summed E-state index contributed by atoms with van der Waals surface area (Å²) in [5, 5.41) is 20.0. The standard InChI is InChI=1S/C22H18ClN3O2/c1-14(17-9-3-5-12-20(17)27)25-26-21(15-7-6-8-16(23)13-15)24-19-11-4-2-10-18(19)22(26)28/h2-13,21,24,27H,1H3/b25-14-/t21-/m1/s1. The van der Waals surface area contributed by atoms with Gasteiger partial charge in [-0.1, -0.05) is 48.0 Å². The van der Waals surface area contributed by atoms with E-state index < -0.39 is 6.17 Å². The minimum absolute atomic E-state index is 0.112. The van der Waals surface area contributed by atoms with Gasteiger partial charge in [0.1, 0.15) is 5.75 Å². The number of fused-ring (bicyclic) bond motifs is 1. The summed E-state index contributed by atoms with van der Waals surface area (Å²) < 4.78 is 0. The van der Waals surface area contributed by atoms with E-state index in [4.69, 9.17) is 11.6 Å². The number of rotatable bonds is 3. The lowest BCUT2D eigenvalue weighted by Crippen LogP contribution is -2.40. The smallest absolute Gasteiger partial charge is 0.278 e. The second-order valence-electron chi connectivity index (χ2n) is 6.50. The third kappa shape index (κ3) is 3.32. The Hall–Kier alpha value is -3.31. The number of hydrogen-bond donors (Lipinski definition) is 2. The SMILES string of the molecule is C/C(=N/N1C(=O)c2ccccc2N[C@H]1c1cccc(Cl)c1)c1ccccc1O. The second-order valence-corrected chi connectivity index (χ2v) is 6.94. The Morgan fingerprint density at radius 3 is 2.61 bits per heavy atom. The topological polar surface area (TPSA) is 64.9 Å². The molecule has 0 fully saturated rings. The molecule has 0 saturated heterocycles. The Balaban J connectivity index is 1.82. The van der Waals surface area contributed by atoms with Crippen LogP contribution in [0.25, 0.3) is 0 Å². The molecule has 0 aliphatic carbocycles. The number of nitrogens with one attached hydrogen (secondary N) is 1. The monoisotopic (exact) mass is 391 g/mol. The maximum Gasteiger partial charge on any atom is 0.278 e. The van der Waals surface area contributed by atoms with Crippen molar-refractivity contribution in [2.24, 2.45) is 5.10 Å². The van der Waals surface area contributed by atoms with Gasteiger partial charge in [-0.2, -0.15) is 5.10 Å². The molecule has 0 saturated carbocycles. The summed E-state index contributed by atoms with van der Waals surface area (Å²) in [5.74, 6) is -0.116.